The minimum atomic E-state index is 0.764. The Morgan fingerprint density at radius 2 is 1.21 bits per heavy atom. The van der Waals surface area contributed by atoms with Crippen molar-refractivity contribution in [3.8, 4) is 0 Å². The maximum atomic E-state index is 2.56. The zero-order chi connectivity index (χ0) is 9.38. The van der Waals surface area contributed by atoms with Gasteiger partial charge < -0.3 is 0 Å². The van der Waals surface area contributed by atoms with E-state index < -0.39 is 0 Å². The molecule has 1 aromatic rings. The summed E-state index contributed by atoms with van der Waals surface area (Å²) in [5, 5.41) is 0. The molecule has 0 spiro atoms. The molecule has 2 aliphatic carbocycles. The Morgan fingerprint density at radius 3 is 1.79 bits per heavy atom. The summed E-state index contributed by atoms with van der Waals surface area (Å²) < 4.78 is 3.70. The molecule has 1 heteroatoms. The van der Waals surface area contributed by atoms with Gasteiger partial charge in [-0.1, -0.05) is 0 Å². The molecule has 0 atom stereocenters. The van der Waals surface area contributed by atoms with Crippen LogP contribution in [-0.2, 0) is 25.7 Å². The Hall–Kier alpha value is -0.131. The normalized spacial score (nSPS) is 20.0. The van der Waals surface area contributed by atoms with Gasteiger partial charge in [0.1, 0.15) is 0 Å². The molecule has 14 heavy (non-hydrogen) atoms. The molecular formula is C13H17Se+. The molecule has 2 aliphatic rings. The average molecular weight is 252 g/mol. The first-order chi connectivity index (χ1) is 6.93. The van der Waals surface area contributed by atoms with Crippen LogP contribution in [-0.4, -0.2) is 14.5 Å². The first-order valence-corrected chi connectivity index (χ1v) is 7.61. The first-order valence-electron chi connectivity index (χ1n) is 5.90. The van der Waals surface area contributed by atoms with E-state index in [9.17, 15) is 0 Å². The van der Waals surface area contributed by atoms with Gasteiger partial charge in [0.15, 0.2) is 0 Å². The van der Waals surface area contributed by atoms with Crippen LogP contribution in [0.15, 0.2) is 6.07 Å². The molecule has 0 amide bonds. The van der Waals surface area contributed by atoms with Gasteiger partial charge >= 0.3 is 91.9 Å². The summed E-state index contributed by atoms with van der Waals surface area (Å²) in [6, 6.07) is 2.56. The van der Waals surface area contributed by atoms with Crippen molar-refractivity contribution in [3.63, 3.8) is 0 Å². The SMILES string of the molecule is c1c2c([se+]c3c1CCCC3)CCCC2. The molecule has 1 heterocycles. The molecule has 3 rings (SSSR count). The van der Waals surface area contributed by atoms with E-state index in [1.807, 2.05) is 8.87 Å². The third kappa shape index (κ3) is 1.57. The summed E-state index contributed by atoms with van der Waals surface area (Å²) in [5.41, 5.74) is 3.49. The molecule has 0 bridgehead atoms. The maximum absolute atomic E-state index is 2.56. The van der Waals surface area contributed by atoms with Crippen LogP contribution in [0.3, 0.4) is 0 Å². The van der Waals surface area contributed by atoms with Crippen molar-refractivity contribution in [2.45, 2.75) is 51.4 Å². The van der Waals surface area contributed by atoms with Crippen LogP contribution >= 0.6 is 0 Å². The monoisotopic (exact) mass is 253 g/mol. The third-order valence-electron chi connectivity index (χ3n) is 3.51. The van der Waals surface area contributed by atoms with Crippen molar-refractivity contribution >= 4 is 14.5 Å². The van der Waals surface area contributed by atoms with Gasteiger partial charge in [-0.05, 0) is 0 Å². The fourth-order valence-corrected chi connectivity index (χ4v) is 5.58. The van der Waals surface area contributed by atoms with E-state index >= 15 is 0 Å². The van der Waals surface area contributed by atoms with Gasteiger partial charge in [-0.15, -0.1) is 0 Å². The Morgan fingerprint density at radius 1 is 0.714 bits per heavy atom. The first kappa shape index (κ1) is 9.12. The zero-order valence-electron chi connectivity index (χ0n) is 8.64. The Labute approximate surface area is 92.1 Å². The van der Waals surface area contributed by atoms with Crippen molar-refractivity contribution in [2.75, 3.05) is 0 Å². The fraction of sp³-hybridized carbons (Fsp3) is 0.615. The molecular weight excluding hydrogens is 235 g/mol. The second kappa shape index (κ2) is 3.79. The summed E-state index contributed by atoms with van der Waals surface area (Å²) in [5.74, 6) is 0. The van der Waals surface area contributed by atoms with Crippen LogP contribution in [0.4, 0.5) is 0 Å². The predicted molar refractivity (Wildman–Crippen MR) is 61.1 cm³/mol. The van der Waals surface area contributed by atoms with Gasteiger partial charge in [0.05, 0.1) is 0 Å². The van der Waals surface area contributed by atoms with Gasteiger partial charge in [0, 0.05) is 0 Å². The number of hydrogen-bond donors (Lipinski definition) is 0. The summed E-state index contributed by atoms with van der Waals surface area (Å²) in [4.78, 5) is 0. The van der Waals surface area contributed by atoms with E-state index in [-0.39, 0.29) is 0 Å². The molecule has 0 aromatic carbocycles. The van der Waals surface area contributed by atoms with Crippen molar-refractivity contribution in [1.82, 2.24) is 0 Å². The van der Waals surface area contributed by atoms with E-state index in [1.54, 1.807) is 11.1 Å². The number of hydrogen-bond acceptors (Lipinski definition) is 0. The van der Waals surface area contributed by atoms with Gasteiger partial charge in [-0.25, -0.2) is 0 Å². The Bertz CT molecular complexity index is 288. The van der Waals surface area contributed by atoms with Crippen LogP contribution < -0.4 is 0 Å². The van der Waals surface area contributed by atoms with E-state index in [1.165, 1.54) is 51.4 Å². The van der Waals surface area contributed by atoms with Crippen LogP contribution in [0.1, 0.15) is 45.7 Å². The second-order valence-corrected chi connectivity index (χ2v) is 7.05. The van der Waals surface area contributed by atoms with Crippen LogP contribution in [0.5, 0.6) is 0 Å². The van der Waals surface area contributed by atoms with Crippen LogP contribution in [0.25, 0.3) is 0 Å². The molecule has 0 aliphatic heterocycles. The summed E-state index contributed by atoms with van der Waals surface area (Å²) >= 11 is 0.764. The van der Waals surface area contributed by atoms with E-state index in [2.05, 4.69) is 6.07 Å². The van der Waals surface area contributed by atoms with Gasteiger partial charge in [0.2, 0.25) is 0 Å². The van der Waals surface area contributed by atoms with Crippen molar-refractivity contribution in [1.29, 1.82) is 0 Å². The van der Waals surface area contributed by atoms with Gasteiger partial charge in [0.25, 0.3) is 0 Å². The molecule has 0 fully saturated rings. The second-order valence-electron chi connectivity index (χ2n) is 4.56. The molecule has 1 aromatic heterocycles. The summed E-state index contributed by atoms with van der Waals surface area (Å²) in [6.07, 6.45) is 11.4. The molecule has 0 unspecified atom stereocenters. The molecule has 0 N–H and O–H groups in total. The van der Waals surface area contributed by atoms with Crippen molar-refractivity contribution < 1.29 is 0 Å². The van der Waals surface area contributed by atoms with Crippen LogP contribution in [0.2, 0.25) is 0 Å². The van der Waals surface area contributed by atoms with Crippen LogP contribution in [0, 0.1) is 0 Å². The molecule has 74 valence electrons. The molecule has 0 saturated heterocycles. The van der Waals surface area contributed by atoms with Gasteiger partial charge in [-0.2, -0.15) is 0 Å². The average Bonchev–Trinajstić information content (AvgIpc) is 2.26. The number of fused-ring (bicyclic) bond motifs is 2. The van der Waals surface area contributed by atoms with Crippen molar-refractivity contribution in [2.24, 2.45) is 0 Å². The summed E-state index contributed by atoms with van der Waals surface area (Å²) in [6.45, 7) is 0. The Balaban J connectivity index is 2.06. The standard InChI is InChI=1S/C13H17Se/c1-3-7-12-10(5-1)9-11-6-2-4-8-13(11)14-12/h9H,1-8H2/q+1. The number of aryl methyl sites for hydroxylation is 4. The Kier molecular flexibility index (Phi) is 2.47. The predicted octanol–water partition coefficient (Wildman–Crippen LogP) is 2.78. The van der Waals surface area contributed by atoms with E-state index in [0.717, 1.165) is 14.5 Å². The fourth-order valence-electron chi connectivity index (χ4n) is 2.70. The quantitative estimate of drug-likeness (QED) is 0.623. The van der Waals surface area contributed by atoms with E-state index in [0.29, 0.717) is 0 Å². The third-order valence-corrected chi connectivity index (χ3v) is 6.50. The molecule has 0 nitrogen and oxygen atoms in total. The minimum absolute atomic E-state index is 0.764. The van der Waals surface area contributed by atoms with Gasteiger partial charge in [-0.3, -0.25) is 0 Å². The molecule has 0 saturated carbocycles. The van der Waals surface area contributed by atoms with Crippen molar-refractivity contribution in [3.05, 3.63) is 26.1 Å². The zero-order valence-corrected chi connectivity index (χ0v) is 10.4. The summed E-state index contributed by atoms with van der Waals surface area (Å²) in [7, 11) is 0. The number of rotatable bonds is 0. The topological polar surface area (TPSA) is 0 Å². The molecule has 0 radical (unpaired) electrons. The van der Waals surface area contributed by atoms with E-state index in [4.69, 9.17) is 0 Å².